The van der Waals surface area contributed by atoms with Crippen molar-refractivity contribution in [1.29, 1.82) is 0 Å². The second-order valence-corrected chi connectivity index (χ2v) is 4.95. The van der Waals surface area contributed by atoms with Crippen molar-refractivity contribution < 1.29 is 0 Å². The second-order valence-electron chi connectivity index (χ2n) is 4.95. The number of hydrogen-bond donors (Lipinski definition) is 1. The van der Waals surface area contributed by atoms with E-state index in [1.165, 1.54) is 0 Å². The van der Waals surface area contributed by atoms with Gasteiger partial charge in [0.1, 0.15) is 0 Å². The van der Waals surface area contributed by atoms with Crippen LogP contribution >= 0.6 is 0 Å². The molecule has 0 aliphatic rings. The van der Waals surface area contributed by atoms with E-state index in [4.69, 9.17) is 0 Å². The number of hydrogen-bond acceptors (Lipinski definition) is 4. The number of benzene rings is 1. The summed E-state index contributed by atoms with van der Waals surface area (Å²) < 4.78 is 0. The lowest BCUT2D eigenvalue weighted by molar-refractivity contribution is 0.353. The van der Waals surface area contributed by atoms with Crippen LogP contribution in [-0.2, 0) is 0 Å². The molecule has 1 heterocycles. The van der Waals surface area contributed by atoms with E-state index in [2.05, 4.69) is 34.6 Å². The highest BCUT2D eigenvalue weighted by Gasteiger charge is 2.14. The van der Waals surface area contributed by atoms with Crippen LogP contribution < -0.4 is 5.32 Å². The second kappa shape index (κ2) is 7.75. The Kier molecular flexibility index (Phi) is 5.68. The molecular weight excluding hydrogens is 250 g/mol. The number of tetrazole rings is 1. The Labute approximate surface area is 120 Å². The van der Waals surface area contributed by atoms with Gasteiger partial charge in [0, 0.05) is 12.1 Å². The van der Waals surface area contributed by atoms with E-state index >= 15 is 0 Å². The molecule has 0 radical (unpaired) electrons. The van der Waals surface area contributed by atoms with Gasteiger partial charge in [-0.2, -0.15) is 4.80 Å². The predicted octanol–water partition coefficient (Wildman–Crippen LogP) is 2.68. The maximum absolute atomic E-state index is 4.53. The molecule has 0 saturated carbocycles. The highest BCUT2D eigenvalue weighted by molar-refractivity contribution is 5.52. The van der Waals surface area contributed by atoms with E-state index in [-0.39, 0.29) is 6.04 Å². The first-order valence-electron chi connectivity index (χ1n) is 7.40. The Hall–Kier alpha value is -1.75. The number of rotatable bonds is 8. The summed E-state index contributed by atoms with van der Waals surface area (Å²) in [5.41, 5.74) is 1.01. The van der Waals surface area contributed by atoms with Crippen molar-refractivity contribution in [3.8, 4) is 11.4 Å². The molecule has 0 spiro atoms. The van der Waals surface area contributed by atoms with Crippen LogP contribution in [-0.4, -0.2) is 33.3 Å². The molecule has 5 nitrogen and oxygen atoms in total. The lowest BCUT2D eigenvalue weighted by Crippen LogP contribution is -2.27. The minimum atomic E-state index is 0.275. The van der Waals surface area contributed by atoms with Gasteiger partial charge in [-0.05, 0) is 24.6 Å². The van der Waals surface area contributed by atoms with Crippen molar-refractivity contribution in [1.82, 2.24) is 25.5 Å². The van der Waals surface area contributed by atoms with Crippen molar-refractivity contribution >= 4 is 0 Å². The molecule has 0 bridgehead atoms. The molecule has 2 aromatic rings. The summed E-state index contributed by atoms with van der Waals surface area (Å²) in [6.45, 7) is 6.28. The third-order valence-electron chi connectivity index (χ3n) is 3.22. The molecular formula is C15H23N5. The molecule has 0 amide bonds. The van der Waals surface area contributed by atoms with Gasteiger partial charge in [-0.15, -0.1) is 10.2 Å². The fraction of sp³-hybridized carbons (Fsp3) is 0.533. The Morgan fingerprint density at radius 3 is 2.65 bits per heavy atom. The minimum Gasteiger partial charge on any atom is -0.315 e. The van der Waals surface area contributed by atoms with Crippen molar-refractivity contribution in [3.63, 3.8) is 0 Å². The van der Waals surface area contributed by atoms with Crippen LogP contribution in [0.4, 0.5) is 0 Å². The first-order valence-corrected chi connectivity index (χ1v) is 7.40. The average Bonchev–Trinajstić information content (AvgIpc) is 2.97. The largest absolute Gasteiger partial charge is 0.315 e. The molecule has 1 aromatic heterocycles. The maximum Gasteiger partial charge on any atom is 0.204 e. The van der Waals surface area contributed by atoms with Gasteiger partial charge >= 0.3 is 0 Å². The molecule has 0 aliphatic heterocycles. The van der Waals surface area contributed by atoms with E-state index in [9.17, 15) is 0 Å². The fourth-order valence-electron chi connectivity index (χ4n) is 2.16. The van der Waals surface area contributed by atoms with Crippen LogP contribution in [0.1, 0.15) is 39.2 Å². The zero-order chi connectivity index (χ0) is 14.2. The molecule has 0 saturated heterocycles. The molecule has 5 heteroatoms. The number of aromatic nitrogens is 4. The third kappa shape index (κ3) is 3.87. The smallest absolute Gasteiger partial charge is 0.204 e. The minimum absolute atomic E-state index is 0.275. The number of nitrogens with zero attached hydrogens (tertiary/aromatic N) is 4. The summed E-state index contributed by atoms with van der Waals surface area (Å²) in [5, 5.41) is 16.4. The molecule has 1 aromatic carbocycles. The first-order chi connectivity index (χ1) is 9.85. The normalized spacial score (nSPS) is 12.5. The lowest BCUT2D eigenvalue weighted by atomic mass is 10.2. The zero-order valence-electron chi connectivity index (χ0n) is 12.3. The molecule has 2 rings (SSSR count). The predicted molar refractivity (Wildman–Crippen MR) is 80.4 cm³/mol. The topological polar surface area (TPSA) is 55.6 Å². The molecule has 20 heavy (non-hydrogen) atoms. The first kappa shape index (κ1) is 14.7. The average molecular weight is 273 g/mol. The van der Waals surface area contributed by atoms with Crippen LogP contribution in [0.3, 0.4) is 0 Å². The number of nitrogens with one attached hydrogen (secondary N) is 1. The third-order valence-corrected chi connectivity index (χ3v) is 3.22. The van der Waals surface area contributed by atoms with E-state index < -0.39 is 0 Å². The van der Waals surface area contributed by atoms with Gasteiger partial charge in [-0.3, -0.25) is 0 Å². The lowest BCUT2D eigenvalue weighted by Gasteiger charge is -2.15. The molecule has 0 fully saturated rings. The summed E-state index contributed by atoms with van der Waals surface area (Å²) in [7, 11) is 0. The van der Waals surface area contributed by atoms with Gasteiger partial charge in [-0.25, -0.2) is 0 Å². The maximum atomic E-state index is 4.53. The van der Waals surface area contributed by atoms with Gasteiger partial charge in [-0.1, -0.05) is 50.6 Å². The van der Waals surface area contributed by atoms with Gasteiger partial charge in [0.05, 0.1) is 6.04 Å². The quantitative estimate of drug-likeness (QED) is 0.751. The zero-order valence-corrected chi connectivity index (χ0v) is 12.3. The van der Waals surface area contributed by atoms with E-state index in [1.807, 2.05) is 30.3 Å². The molecule has 1 unspecified atom stereocenters. The molecule has 1 atom stereocenters. The van der Waals surface area contributed by atoms with Crippen molar-refractivity contribution in [2.75, 3.05) is 13.1 Å². The van der Waals surface area contributed by atoms with E-state index in [1.54, 1.807) is 4.80 Å². The summed E-state index contributed by atoms with van der Waals surface area (Å²) in [4.78, 5) is 1.76. The Bertz CT molecular complexity index is 494. The van der Waals surface area contributed by atoms with Crippen molar-refractivity contribution in [2.45, 2.75) is 39.2 Å². The summed E-state index contributed by atoms with van der Waals surface area (Å²) in [6.07, 6.45) is 3.31. The van der Waals surface area contributed by atoms with Gasteiger partial charge in [0.15, 0.2) is 0 Å². The van der Waals surface area contributed by atoms with Crippen LogP contribution in [0.5, 0.6) is 0 Å². The summed E-state index contributed by atoms with van der Waals surface area (Å²) >= 11 is 0. The molecule has 108 valence electrons. The SMILES string of the molecule is CCCNCC(CCC)n1nnc(-c2ccccc2)n1. The monoisotopic (exact) mass is 273 g/mol. The van der Waals surface area contributed by atoms with Gasteiger partial charge in [0.25, 0.3) is 0 Å². The summed E-state index contributed by atoms with van der Waals surface area (Å²) in [6, 6.07) is 10.3. The van der Waals surface area contributed by atoms with Crippen molar-refractivity contribution in [3.05, 3.63) is 30.3 Å². The highest BCUT2D eigenvalue weighted by Crippen LogP contribution is 2.15. The molecule has 0 aliphatic carbocycles. The fourth-order valence-corrected chi connectivity index (χ4v) is 2.16. The van der Waals surface area contributed by atoms with Crippen molar-refractivity contribution in [2.24, 2.45) is 0 Å². The van der Waals surface area contributed by atoms with E-state index in [0.717, 1.165) is 37.9 Å². The van der Waals surface area contributed by atoms with Gasteiger partial charge < -0.3 is 5.32 Å². The van der Waals surface area contributed by atoms with Crippen LogP contribution in [0.25, 0.3) is 11.4 Å². The van der Waals surface area contributed by atoms with Crippen LogP contribution in [0, 0.1) is 0 Å². The highest BCUT2D eigenvalue weighted by atomic mass is 15.6. The molecule has 1 N–H and O–H groups in total. The van der Waals surface area contributed by atoms with E-state index in [0.29, 0.717) is 5.82 Å². The Morgan fingerprint density at radius 2 is 1.95 bits per heavy atom. The Morgan fingerprint density at radius 1 is 1.15 bits per heavy atom. The van der Waals surface area contributed by atoms with Crippen LogP contribution in [0.2, 0.25) is 0 Å². The summed E-state index contributed by atoms with van der Waals surface area (Å²) in [5.74, 6) is 0.696. The Balaban J connectivity index is 2.08. The standard InChI is InChI=1S/C15H23N5/c1-3-8-14(12-16-11-4-2)20-18-15(17-19-20)13-9-6-5-7-10-13/h5-7,9-10,14,16H,3-4,8,11-12H2,1-2H3. The van der Waals surface area contributed by atoms with Gasteiger partial charge in [0.2, 0.25) is 5.82 Å². The van der Waals surface area contributed by atoms with Crippen LogP contribution in [0.15, 0.2) is 30.3 Å².